The molecular formula is C12H9F3N2O3. The zero-order valence-electron chi connectivity index (χ0n) is 10.0. The van der Waals surface area contributed by atoms with Crippen molar-refractivity contribution in [1.29, 1.82) is 0 Å². The molecule has 1 aromatic rings. The van der Waals surface area contributed by atoms with Crippen LogP contribution < -0.4 is 10.6 Å². The topological polar surface area (TPSA) is 75.3 Å². The van der Waals surface area contributed by atoms with Crippen LogP contribution in [-0.2, 0) is 16.0 Å². The van der Waals surface area contributed by atoms with Gasteiger partial charge in [0.2, 0.25) is 0 Å². The number of Topliss-reactive ketones (excluding diaryl/α,β-unsaturated/α-hetero) is 1. The molecule has 8 heteroatoms. The molecule has 2 rings (SSSR count). The summed E-state index contributed by atoms with van der Waals surface area (Å²) in [5, 5.41) is 4.09. The van der Waals surface area contributed by atoms with Crippen LogP contribution in [0.5, 0.6) is 0 Å². The Morgan fingerprint density at radius 1 is 1.25 bits per heavy atom. The average Bonchev–Trinajstić information content (AvgIpc) is 2.64. The lowest BCUT2D eigenvalue weighted by molar-refractivity contribution is -0.173. The first-order valence-corrected chi connectivity index (χ1v) is 5.62. The number of hydrogen-bond donors (Lipinski definition) is 2. The first kappa shape index (κ1) is 14.0. The van der Waals surface area contributed by atoms with Gasteiger partial charge >= 0.3 is 12.1 Å². The molecule has 0 aromatic heterocycles. The summed E-state index contributed by atoms with van der Waals surface area (Å²) in [7, 11) is 0. The number of benzene rings is 1. The number of fused-ring (bicyclic) bond motifs is 1. The van der Waals surface area contributed by atoms with E-state index in [1.807, 2.05) is 0 Å². The number of ketones is 1. The fourth-order valence-corrected chi connectivity index (χ4v) is 1.77. The predicted molar refractivity (Wildman–Crippen MR) is 62.2 cm³/mol. The van der Waals surface area contributed by atoms with Gasteiger partial charge in [-0.3, -0.25) is 14.4 Å². The normalized spacial score (nSPS) is 13.9. The maximum Gasteiger partial charge on any atom is 0.471 e. The van der Waals surface area contributed by atoms with E-state index in [-0.39, 0.29) is 18.5 Å². The summed E-state index contributed by atoms with van der Waals surface area (Å²) < 4.78 is 35.8. The molecule has 20 heavy (non-hydrogen) atoms. The van der Waals surface area contributed by atoms with Crippen LogP contribution in [0.15, 0.2) is 18.2 Å². The van der Waals surface area contributed by atoms with Crippen molar-refractivity contribution in [3.8, 4) is 0 Å². The Labute approximate surface area is 111 Å². The van der Waals surface area contributed by atoms with Crippen molar-refractivity contribution in [2.24, 2.45) is 0 Å². The molecule has 0 saturated heterocycles. The van der Waals surface area contributed by atoms with Crippen LogP contribution in [0, 0.1) is 0 Å². The lowest BCUT2D eigenvalue weighted by Crippen LogP contribution is -2.37. The second-order valence-corrected chi connectivity index (χ2v) is 4.17. The summed E-state index contributed by atoms with van der Waals surface area (Å²) >= 11 is 0. The van der Waals surface area contributed by atoms with Gasteiger partial charge in [-0.25, -0.2) is 0 Å². The average molecular weight is 286 g/mol. The minimum Gasteiger partial charge on any atom is -0.348 e. The molecule has 106 valence electrons. The molecule has 5 nitrogen and oxygen atoms in total. The van der Waals surface area contributed by atoms with Gasteiger partial charge in [0.15, 0.2) is 0 Å². The zero-order valence-corrected chi connectivity index (χ0v) is 10.0. The number of hydrogen-bond acceptors (Lipinski definition) is 3. The molecule has 0 fully saturated rings. The van der Waals surface area contributed by atoms with Crippen molar-refractivity contribution in [2.75, 3.05) is 11.9 Å². The summed E-state index contributed by atoms with van der Waals surface area (Å²) in [5.74, 6) is -3.42. The molecule has 1 heterocycles. The summed E-state index contributed by atoms with van der Waals surface area (Å²) in [6, 6.07) is 4.49. The number of amides is 2. The van der Waals surface area contributed by atoms with Gasteiger partial charge < -0.3 is 10.6 Å². The number of anilines is 1. The summed E-state index contributed by atoms with van der Waals surface area (Å²) in [5.41, 5.74) is 1.12. The number of rotatable bonds is 3. The smallest absolute Gasteiger partial charge is 0.348 e. The zero-order chi connectivity index (χ0) is 14.9. The molecule has 0 unspecified atom stereocenters. The molecule has 0 aliphatic carbocycles. The van der Waals surface area contributed by atoms with E-state index in [9.17, 15) is 27.6 Å². The van der Waals surface area contributed by atoms with Crippen LogP contribution in [0.2, 0.25) is 0 Å². The maximum atomic E-state index is 11.9. The maximum absolute atomic E-state index is 11.9. The van der Waals surface area contributed by atoms with Crippen molar-refractivity contribution in [3.63, 3.8) is 0 Å². The third kappa shape index (κ3) is 2.79. The van der Waals surface area contributed by atoms with Crippen molar-refractivity contribution in [2.45, 2.75) is 12.6 Å². The Hall–Kier alpha value is -2.38. The predicted octanol–water partition coefficient (Wildman–Crippen LogP) is 1.04. The fraction of sp³-hybridized carbons (Fsp3) is 0.250. The summed E-state index contributed by atoms with van der Waals surface area (Å²) in [4.78, 5) is 33.1. The summed E-state index contributed by atoms with van der Waals surface area (Å²) in [6.45, 7) is -0.216. The fourth-order valence-electron chi connectivity index (χ4n) is 1.77. The van der Waals surface area contributed by atoms with Gasteiger partial charge in [-0.1, -0.05) is 6.07 Å². The van der Waals surface area contributed by atoms with Crippen LogP contribution in [0.3, 0.4) is 0 Å². The van der Waals surface area contributed by atoms with E-state index in [2.05, 4.69) is 5.32 Å². The highest BCUT2D eigenvalue weighted by atomic mass is 19.4. The second kappa shape index (κ2) is 4.95. The van der Waals surface area contributed by atoms with E-state index in [1.165, 1.54) is 12.1 Å². The Balaban J connectivity index is 1.98. The van der Waals surface area contributed by atoms with Gasteiger partial charge in [-0.2, -0.15) is 13.2 Å². The molecule has 1 aromatic carbocycles. The van der Waals surface area contributed by atoms with E-state index in [0.717, 1.165) is 0 Å². The number of nitrogens with one attached hydrogen (secondary N) is 2. The Morgan fingerprint density at radius 2 is 1.95 bits per heavy atom. The van der Waals surface area contributed by atoms with Gasteiger partial charge in [-0.05, 0) is 24.1 Å². The van der Waals surface area contributed by atoms with Crippen molar-refractivity contribution in [3.05, 3.63) is 29.3 Å². The monoisotopic (exact) mass is 286 g/mol. The third-order valence-electron chi connectivity index (χ3n) is 2.74. The van der Waals surface area contributed by atoms with Crippen molar-refractivity contribution < 1.29 is 27.6 Å². The van der Waals surface area contributed by atoms with Gasteiger partial charge in [0.25, 0.3) is 11.7 Å². The highest BCUT2D eigenvalue weighted by Crippen LogP contribution is 2.24. The minimum absolute atomic E-state index is 0.122. The minimum atomic E-state index is -4.91. The lowest BCUT2D eigenvalue weighted by atomic mass is 10.1. The van der Waals surface area contributed by atoms with Crippen molar-refractivity contribution in [1.82, 2.24) is 5.32 Å². The molecule has 0 saturated carbocycles. The van der Waals surface area contributed by atoms with Gasteiger partial charge in [0, 0.05) is 6.54 Å². The number of carbonyl (C=O) groups is 3. The van der Waals surface area contributed by atoms with E-state index >= 15 is 0 Å². The van der Waals surface area contributed by atoms with Crippen LogP contribution in [0.25, 0.3) is 0 Å². The molecule has 1 aliphatic heterocycles. The Kier molecular flexibility index (Phi) is 3.47. The van der Waals surface area contributed by atoms with E-state index in [0.29, 0.717) is 11.3 Å². The highest BCUT2D eigenvalue weighted by Gasteiger charge is 2.38. The van der Waals surface area contributed by atoms with Crippen LogP contribution in [0.1, 0.15) is 15.9 Å². The largest absolute Gasteiger partial charge is 0.471 e. The molecule has 0 bridgehead atoms. The quantitative estimate of drug-likeness (QED) is 0.815. The third-order valence-corrected chi connectivity index (χ3v) is 2.74. The lowest BCUT2D eigenvalue weighted by Gasteiger charge is -2.08. The molecular weight excluding hydrogens is 277 g/mol. The molecule has 2 amide bonds. The number of carbonyl (C=O) groups excluding carboxylic acids is 3. The Bertz CT molecular complexity index is 596. The first-order valence-electron chi connectivity index (χ1n) is 5.62. The molecule has 0 spiro atoms. The summed E-state index contributed by atoms with van der Waals surface area (Å²) in [6.07, 6.45) is -4.79. The van der Waals surface area contributed by atoms with E-state index in [1.54, 1.807) is 11.4 Å². The molecule has 1 aliphatic rings. The van der Waals surface area contributed by atoms with E-state index in [4.69, 9.17) is 0 Å². The van der Waals surface area contributed by atoms with Gasteiger partial charge in [0.1, 0.15) is 0 Å². The van der Waals surface area contributed by atoms with Gasteiger partial charge in [0.05, 0.1) is 11.3 Å². The van der Waals surface area contributed by atoms with Crippen LogP contribution in [-0.4, -0.2) is 30.3 Å². The van der Waals surface area contributed by atoms with Gasteiger partial charge in [-0.15, -0.1) is 0 Å². The van der Waals surface area contributed by atoms with E-state index < -0.39 is 23.8 Å². The Morgan fingerprint density at radius 3 is 2.60 bits per heavy atom. The number of halogens is 3. The van der Waals surface area contributed by atoms with Crippen LogP contribution in [0.4, 0.5) is 18.9 Å². The molecule has 0 radical (unpaired) electrons. The van der Waals surface area contributed by atoms with Crippen LogP contribution >= 0.6 is 0 Å². The molecule has 0 atom stereocenters. The number of alkyl halides is 3. The van der Waals surface area contributed by atoms with Crippen molar-refractivity contribution >= 4 is 23.3 Å². The second-order valence-electron chi connectivity index (χ2n) is 4.17. The SMILES string of the molecule is O=C1Nc2ccc(CCNC(=O)C(F)(F)F)cc2C1=O. The standard InChI is InChI=1S/C12H9F3N2O3/c13-12(14,15)11(20)16-4-3-6-1-2-8-7(5-6)9(18)10(19)17-8/h1-2,5H,3-4H2,(H,16,20)(H,17,18,19). The first-order chi connectivity index (χ1) is 9.29. The molecule has 2 N–H and O–H groups in total. The highest BCUT2D eigenvalue weighted by molar-refractivity contribution is 6.51.